The Bertz CT molecular complexity index is 6340. The number of methoxy groups -OCH3 is 3. The van der Waals surface area contributed by atoms with Crippen molar-refractivity contribution < 1.29 is 128 Å². The van der Waals surface area contributed by atoms with E-state index >= 15 is 0 Å². The fourth-order valence-corrected chi connectivity index (χ4v) is 30.0. The molecule has 3 saturated heterocycles. The van der Waals surface area contributed by atoms with Crippen LogP contribution in [0.1, 0.15) is 40.8 Å². The van der Waals surface area contributed by atoms with E-state index in [9.17, 15) is 47.9 Å². The Hall–Kier alpha value is -11.6. The van der Waals surface area contributed by atoms with Gasteiger partial charge in [0, 0.05) is 28.7 Å². The normalized spacial score (nSPS) is 17.0. The summed E-state index contributed by atoms with van der Waals surface area (Å²) in [7, 11) is 0.513. The largest absolute Gasteiger partial charge is 1.00 e. The van der Waals surface area contributed by atoms with E-state index in [1.54, 1.807) is 93.7 Å². The molecule has 0 aliphatic carbocycles. The molecule has 0 aromatic heterocycles. The summed E-state index contributed by atoms with van der Waals surface area (Å²) < 4.78 is 33.1. The first-order valence-corrected chi connectivity index (χ1v) is 56.5. The van der Waals surface area contributed by atoms with Crippen LogP contribution in [0.5, 0.6) is 17.2 Å². The molecule has 724 valence electrons. The molecule has 3 N–H and O–H groups in total. The van der Waals surface area contributed by atoms with Gasteiger partial charge in [-0.25, -0.2) is 14.4 Å². The number of alkyl halides is 1. The summed E-state index contributed by atoms with van der Waals surface area (Å²) in [6.45, 7) is 2.89. The molecule has 6 amide bonds. The molecule has 30 heteroatoms. The van der Waals surface area contributed by atoms with E-state index < -0.39 is 69.2 Å². The average molecular weight is 2060 g/mol. The predicted molar refractivity (Wildman–Crippen MR) is 567 cm³/mol. The summed E-state index contributed by atoms with van der Waals surface area (Å²) >= 11 is 10.7. The van der Waals surface area contributed by atoms with Crippen molar-refractivity contribution in [2.24, 2.45) is 0 Å². The van der Waals surface area contributed by atoms with E-state index in [-0.39, 0.29) is 162 Å². The Balaban J connectivity index is 0.000000177. The van der Waals surface area contributed by atoms with Crippen molar-refractivity contribution in [3.63, 3.8) is 0 Å². The second kappa shape index (κ2) is 51.0. The monoisotopic (exact) mass is 2060 g/mol. The second-order valence-corrected chi connectivity index (χ2v) is 49.0. The summed E-state index contributed by atoms with van der Waals surface area (Å²) in [6.07, 6.45) is 1.04. The van der Waals surface area contributed by atoms with E-state index in [1.807, 2.05) is 212 Å². The molecule has 18 rings (SSSR count). The van der Waals surface area contributed by atoms with Gasteiger partial charge in [0.05, 0.1) is 46.8 Å². The minimum atomic E-state index is -2.53. The van der Waals surface area contributed by atoms with Crippen LogP contribution in [-0.2, 0) is 96.4 Å². The van der Waals surface area contributed by atoms with Gasteiger partial charge in [-0.05, 0) is 146 Å². The van der Waals surface area contributed by atoms with Crippen LogP contribution < -0.4 is 118 Å². The molecule has 3 fully saturated rings. The number of thioether (sulfide) groups is 3. The van der Waals surface area contributed by atoms with Gasteiger partial charge in [0.25, 0.3) is 17.7 Å². The molecule has 0 bridgehead atoms. The summed E-state index contributed by atoms with van der Waals surface area (Å²) in [6, 6.07) is 110. The number of nitrogens with zero attached hydrogens (tertiary/aromatic N) is 3. The van der Waals surface area contributed by atoms with Gasteiger partial charge in [0.15, 0.2) is 0 Å². The molecule has 22 nitrogen and oxygen atoms in total. The number of rotatable bonds is 31. The fraction of sp³-hybridized carbons (Fsp3) is 0.214. The zero-order valence-corrected chi connectivity index (χ0v) is 88.2. The maximum atomic E-state index is 14.3. The number of benzene rings is 12. The van der Waals surface area contributed by atoms with Gasteiger partial charge in [-0.3, -0.25) is 43.5 Å². The fourth-order valence-electron chi connectivity index (χ4n) is 17.1. The quantitative estimate of drug-likeness (QED) is 0.00909. The van der Waals surface area contributed by atoms with E-state index in [1.165, 1.54) is 37.5 Å². The molecular weight excluding hydrogens is 1950 g/mol. The summed E-state index contributed by atoms with van der Waals surface area (Å²) in [5.74, 6) is 2.43. The number of amides is 6. The van der Waals surface area contributed by atoms with Crippen LogP contribution in [0.2, 0.25) is 19.6 Å². The summed E-state index contributed by atoms with van der Waals surface area (Å²) in [5, 5.41) is 14.3. The maximum absolute atomic E-state index is 14.3. The topological polar surface area (TPSA) is 278 Å². The van der Waals surface area contributed by atoms with Crippen molar-refractivity contribution in [1.29, 1.82) is 0 Å². The van der Waals surface area contributed by atoms with Gasteiger partial charge < -0.3 is 49.2 Å². The summed E-state index contributed by atoms with van der Waals surface area (Å²) in [5.41, 5.74) is 7.86. The zero-order chi connectivity index (χ0) is 98.3. The number of halogens is 1. The van der Waals surface area contributed by atoms with Crippen LogP contribution >= 0.6 is 61.0 Å². The van der Waals surface area contributed by atoms with E-state index in [0.29, 0.717) is 46.2 Å². The third-order valence-electron chi connectivity index (χ3n) is 23.9. The third kappa shape index (κ3) is 26.1. The smallest absolute Gasteiger partial charge is 0.859 e. The standard InChI is InChI=1S/2C42H37N2O5PS.C24H23ClN2O5S.C3H9OSi.CH4.K/c2*1-48-33-24-22-31(23-25-33)27-49-42(47)39-32(29-51-41-38(40(46)44(39)41)43-37(45)26-30-14-6-2-7-15-30)28-50(34-16-8-3-9-17-34,35-18-10-4-11-19-35)36-20-12-5-13-21-36;1-31-18-9-7-16(8-10-18)13-32-24(30)21-17(12-25)14-33-23-20(22(29)27(21)23)26-19(28)11-15-5-3-2-4-6-15;1-5(2,3)4;;/h2-25,38,41H,26-29H2,1H3;2-25,28,38,41H,26-27,29H2,1H3,(H,43,45);2-10,20,23H,11-14H2,1H3,(H,26,28);1-3H3;1H4;/q;;;-1;;+1/p+1. The van der Waals surface area contributed by atoms with Gasteiger partial charge >= 0.3 is 69.3 Å². The SMILES string of the molecule is C.COc1ccc(COC(=O)C2=C(C=P(c3ccccc3)(c3ccccc3)c3ccccc3)CSC3C(NC(=O)Cc4ccccc4)C(=O)N23)cc1.COc1ccc(COC(=O)C2=C(CCl)CSC3C(NC(=O)Cc4ccccc4)C(=O)N23)cc1.COc1ccc(COC(=O)C2=C(C[P+](c3ccccc3)(c3ccccc3)c3ccccc3)CSC3C(NC(=O)Cc4ccccc4)C(=O)N23)cc1.C[Si](C)(C)[O-].[K+]. The summed E-state index contributed by atoms with van der Waals surface area (Å²) in [4.78, 5) is 136. The molecule has 0 saturated carbocycles. The van der Waals surface area contributed by atoms with Crippen LogP contribution in [0.3, 0.4) is 0 Å². The molecule has 6 unspecified atom stereocenters. The third-order valence-corrected chi connectivity index (χ3v) is 36.6. The number of esters is 3. The van der Waals surface area contributed by atoms with Crippen molar-refractivity contribution in [3.05, 3.63) is 413 Å². The molecule has 6 atom stereocenters. The Kier molecular flexibility index (Phi) is 38.7. The second-order valence-electron chi connectivity index (χ2n) is 34.5. The predicted octanol–water partition coefficient (Wildman–Crippen LogP) is 11.8. The number of hydrogen-bond donors (Lipinski definition) is 3. The zero-order valence-electron chi connectivity index (χ0n) is 79.1. The minimum Gasteiger partial charge on any atom is -0.859 e. The number of nitrogens with one attached hydrogen (secondary N) is 3. The minimum absolute atomic E-state index is 0. The molecule has 142 heavy (non-hydrogen) atoms. The number of β-lactam (4-membered cyclic amide) rings is 3. The molecule has 6 aliphatic heterocycles. The molecule has 6 heterocycles. The Morgan fingerprint density at radius 2 is 0.634 bits per heavy atom. The first-order chi connectivity index (χ1) is 68.0. The van der Waals surface area contributed by atoms with E-state index in [4.69, 9.17) is 40.0 Å². The number of fused-ring (bicyclic) bond motifs is 3. The van der Waals surface area contributed by atoms with Crippen LogP contribution in [-0.4, -0.2) is 167 Å². The van der Waals surface area contributed by atoms with Crippen molar-refractivity contribution >= 4 is 160 Å². The Morgan fingerprint density at radius 3 is 0.923 bits per heavy atom. The molecule has 0 radical (unpaired) electrons. The number of carbonyl (C=O) groups excluding carboxylic acids is 9. The van der Waals surface area contributed by atoms with Gasteiger partial charge in [-0.2, -0.15) is 0 Å². The van der Waals surface area contributed by atoms with Crippen molar-refractivity contribution in [3.8, 4) is 17.2 Å². The first kappa shape index (κ1) is 108. The number of ether oxygens (including phenoxy) is 6. The van der Waals surface area contributed by atoms with Crippen LogP contribution in [0.25, 0.3) is 0 Å². The van der Waals surface area contributed by atoms with Crippen molar-refractivity contribution in [2.45, 2.75) is 100 Å². The molecule has 12 aromatic rings. The molecule has 12 aromatic carbocycles. The first-order valence-electron chi connectivity index (χ1n) is 45.6. The van der Waals surface area contributed by atoms with Crippen LogP contribution in [0.4, 0.5) is 0 Å². The average Bonchev–Trinajstić information content (AvgIpc) is 0.716. The molecule has 0 spiro atoms. The van der Waals surface area contributed by atoms with Crippen LogP contribution in [0.15, 0.2) is 380 Å². The van der Waals surface area contributed by atoms with Gasteiger partial charge in [-0.15, -0.1) is 46.9 Å². The van der Waals surface area contributed by atoms with Crippen molar-refractivity contribution in [2.75, 3.05) is 50.6 Å². The van der Waals surface area contributed by atoms with Gasteiger partial charge in [0.2, 0.25) is 17.7 Å². The number of hydrogen-bond acceptors (Lipinski definition) is 19. The van der Waals surface area contributed by atoms with Gasteiger partial charge in [0.1, 0.15) is 112 Å². The number of carbonyl (C=O) groups is 9. The van der Waals surface area contributed by atoms with E-state index in [2.05, 4.69) is 131 Å². The van der Waals surface area contributed by atoms with Crippen LogP contribution in [0, 0.1) is 0 Å². The van der Waals surface area contributed by atoms with Crippen molar-refractivity contribution in [1.82, 2.24) is 30.7 Å². The van der Waals surface area contributed by atoms with Gasteiger partial charge in [-0.1, -0.05) is 308 Å². The Labute approximate surface area is 891 Å². The maximum Gasteiger partial charge on any atom is 1.00 e. The molecular formula is C112H111ClKN6O16P2S3Si+. The van der Waals surface area contributed by atoms with E-state index in [0.717, 1.165) is 60.4 Å². The molecule has 6 aliphatic rings. The Morgan fingerprint density at radius 1 is 0.380 bits per heavy atom.